The van der Waals surface area contributed by atoms with Crippen LogP contribution in [0.25, 0.3) is 0 Å². The minimum absolute atomic E-state index is 0. The molecule has 0 spiro atoms. The van der Waals surface area contributed by atoms with Crippen molar-refractivity contribution in [2.75, 3.05) is 42.3 Å². The molecule has 0 radical (unpaired) electrons. The van der Waals surface area contributed by atoms with Crippen LogP contribution >= 0.6 is 7.59 Å². The summed E-state index contributed by atoms with van der Waals surface area (Å²) in [6.45, 7) is 0. The van der Waals surface area contributed by atoms with Crippen LogP contribution in [0.5, 0.6) is 0 Å². The molecule has 0 aromatic heterocycles. The van der Waals surface area contributed by atoms with Crippen molar-refractivity contribution < 1.29 is 54.2 Å². The van der Waals surface area contributed by atoms with Gasteiger partial charge >= 0.3 is 23.2 Å². The summed E-state index contributed by atoms with van der Waals surface area (Å²) >= 11 is 0.700. The van der Waals surface area contributed by atoms with Crippen molar-refractivity contribution >= 4 is 7.59 Å². The first-order valence-corrected chi connectivity index (χ1v) is 6.42. The number of hydrogen-bond donors (Lipinski definition) is 4. The molecule has 0 aliphatic heterocycles. The molecule has 0 saturated carbocycles. The van der Waals surface area contributed by atoms with Gasteiger partial charge < -0.3 is 5.48 Å². The maximum atomic E-state index is 12.1. The van der Waals surface area contributed by atoms with Gasteiger partial charge in [0.15, 0.2) is 0 Å². The van der Waals surface area contributed by atoms with E-state index in [4.69, 9.17) is 24.4 Å². The molecule has 0 aromatic carbocycles. The van der Waals surface area contributed by atoms with Crippen LogP contribution < -0.4 is 0 Å². The van der Waals surface area contributed by atoms with Crippen molar-refractivity contribution in [3.8, 4) is 0 Å². The third kappa shape index (κ3) is 11.5. The molecule has 0 unspecified atom stereocenters. The molecule has 0 rings (SSSR count). The van der Waals surface area contributed by atoms with Crippen molar-refractivity contribution in [3.63, 3.8) is 0 Å². The predicted molar refractivity (Wildman–Crippen MR) is 63.5 cm³/mol. The van der Waals surface area contributed by atoms with Gasteiger partial charge in [-0.05, 0) is 42.3 Å². The van der Waals surface area contributed by atoms with Gasteiger partial charge in [0, 0.05) is 0 Å². The fourth-order valence-corrected chi connectivity index (χ4v) is 3.22. The van der Waals surface area contributed by atoms with Crippen molar-refractivity contribution in [2.24, 2.45) is 0 Å². The van der Waals surface area contributed by atoms with E-state index in [1.165, 1.54) is 0 Å². The third-order valence-electron chi connectivity index (χ3n) is 1.56. The molecule has 6 N–H and O–H groups in total. The van der Waals surface area contributed by atoms with Gasteiger partial charge in [-0.2, -0.15) is 0 Å². The Hall–Kier alpha value is 0.398. The summed E-state index contributed by atoms with van der Waals surface area (Å²) in [5.41, 5.74) is 0. The van der Waals surface area contributed by atoms with Crippen molar-refractivity contribution in [3.05, 3.63) is 0 Å². The zero-order chi connectivity index (χ0) is 15.2. The molecule has 0 fully saturated rings. The summed E-state index contributed by atoms with van der Waals surface area (Å²) in [5.74, 6) is 0. The predicted octanol–water partition coefficient (Wildman–Crippen LogP) is -0.132. The molecule has 0 heterocycles. The van der Waals surface area contributed by atoms with Crippen LogP contribution in [0.3, 0.4) is 0 Å². The Kier molecular flexibility index (Phi) is 34.0. The van der Waals surface area contributed by atoms with E-state index in [1.807, 2.05) is 42.3 Å². The second-order valence-electron chi connectivity index (χ2n) is 3.05. The van der Waals surface area contributed by atoms with Gasteiger partial charge in [0.1, 0.15) is 0 Å². The zero-order valence-electron chi connectivity index (χ0n) is 11.3. The number of hydrogen-bond acceptors (Lipinski definition) is 6. The molecule has 0 saturated heterocycles. The quantitative estimate of drug-likeness (QED) is 0.228. The van der Waals surface area contributed by atoms with Gasteiger partial charge in [-0.1, -0.05) is 0 Å². The van der Waals surface area contributed by atoms with Crippen LogP contribution in [-0.4, -0.2) is 82.8 Å². The molecule has 18 heavy (non-hydrogen) atoms. The van der Waals surface area contributed by atoms with Crippen LogP contribution in [0.2, 0.25) is 0 Å². The SMILES string of the molecule is CN(C)P(=O)(N(C)C)N(C)C.O.OO.OO.[O]=[Mo]. The van der Waals surface area contributed by atoms with Crippen LogP contribution in [0, 0.1) is 0 Å². The van der Waals surface area contributed by atoms with Crippen molar-refractivity contribution in [1.82, 2.24) is 14.0 Å². The molecular formula is C6H24MoN3O7P. The Bertz CT molecular complexity index is 167. The first-order chi connectivity index (χ1) is 7.83. The molecule has 0 aliphatic carbocycles. The molecule has 0 aromatic rings. The van der Waals surface area contributed by atoms with Crippen molar-refractivity contribution in [2.45, 2.75) is 0 Å². The van der Waals surface area contributed by atoms with Gasteiger partial charge in [0.2, 0.25) is 0 Å². The summed E-state index contributed by atoms with van der Waals surface area (Å²) in [5, 5.41) is 24.0. The standard InChI is InChI=1S/C6H18N3OP.Mo.2H2O2.H2O.O/c1-7(2)11(10,8(3)4)9(5)6;;2*1-2;;/h1-6H3;;2*1-2H;1H2;. The molecule has 0 atom stereocenters. The Labute approximate surface area is 118 Å². The monoisotopic (exact) mass is 379 g/mol. The Morgan fingerprint density at radius 3 is 0.833 bits per heavy atom. The average Bonchev–Trinajstić information content (AvgIpc) is 2.34. The minimum atomic E-state index is -2.44. The topological polar surface area (TPSA) is 156 Å². The normalized spacial score (nSPS) is 9.17. The summed E-state index contributed by atoms with van der Waals surface area (Å²) < 4.78 is 25.6. The molecular weight excluding hydrogens is 353 g/mol. The second-order valence-corrected chi connectivity index (χ2v) is 6.48. The first-order valence-electron chi connectivity index (χ1n) is 4.03. The van der Waals surface area contributed by atoms with E-state index in [2.05, 4.69) is 0 Å². The molecule has 116 valence electrons. The second kappa shape index (κ2) is 19.7. The van der Waals surface area contributed by atoms with E-state index in [0.717, 1.165) is 0 Å². The van der Waals surface area contributed by atoms with Gasteiger partial charge in [-0.15, -0.1) is 0 Å². The fourth-order valence-electron chi connectivity index (χ4n) is 1.07. The fraction of sp³-hybridized carbons (Fsp3) is 1.00. The van der Waals surface area contributed by atoms with Crippen LogP contribution in [0.4, 0.5) is 0 Å². The molecule has 0 amide bonds. The number of nitrogens with zero attached hydrogens (tertiary/aromatic N) is 3. The number of rotatable bonds is 3. The van der Waals surface area contributed by atoms with Gasteiger partial charge in [0.25, 0.3) is 7.59 Å². The van der Waals surface area contributed by atoms with E-state index in [-0.39, 0.29) is 5.48 Å². The summed E-state index contributed by atoms with van der Waals surface area (Å²) in [6, 6.07) is 0. The Morgan fingerprint density at radius 2 is 0.833 bits per heavy atom. The zero-order valence-corrected chi connectivity index (χ0v) is 14.2. The Balaban J connectivity index is -0.0000000700. The molecule has 0 bridgehead atoms. The Morgan fingerprint density at radius 1 is 0.722 bits per heavy atom. The van der Waals surface area contributed by atoms with E-state index in [1.54, 1.807) is 14.0 Å². The molecule has 0 aliphatic rings. The van der Waals surface area contributed by atoms with E-state index in [0.29, 0.717) is 19.8 Å². The van der Waals surface area contributed by atoms with E-state index in [9.17, 15) is 4.57 Å². The third-order valence-corrected chi connectivity index (χ3v) is 4.69. The van der Waals surface area contributed by atoms with Crippen LogP contribution in [0.1, 0.15) is 0 Å². The van der Waals surface area contributed by atoms with Gasteiger partial charge in [-0.3, -0.25) is 25.6 Å². The van der Waals surface area contributed by atoms with E-state index >= 15 is 0 Å². The van der Waals surface area contributed by atoms with Crippen molar-refractivity contribution in [1.29, 1.82) is 0 Å². The summed E-state index contributed by atoms with van der Waals surface area (Å²) in [7, 11) is 8.49. The average molecular weight is 377 g/mol. The first kappa shape index (κ1) is 31.0. The van der Waals surface area contributed by atoms with E-state index < -0.39 is 7.59 Å². The van der Waals surface area contributed by atoms with Crippen LogP contribution in [0.15, 0.2) is 0 Å². The van der Waals surface area contributed by atoms with Crippen LogP contribution in [-0.2, 0) is 27.7 Å². The molecule has 12 heteroatoms. The summed E-state index contributed by atoms with van der Waals surface area (Å²) in [6.07, 6.45) is 0. The van der Waals surface area contributed by atoms with Gasteiger partial charge in [0.05, 0.1) is 0 Å². The van der Waals surface area contributed by atoms with Gasteiger partial charge in [-0.25, -0.2) is 14.0 Å². The molecule has 10 nitrogen and oxygen atoms in total. The maximum absolute atomic E-state index is 12.1. The summed E-state index contributed by atoms with van der Waals surface area (Å²) in [4.78, 5) is 0.